The van der Waals surface area contributed by atoms with E-state index in [9.17, 15) is 4.79 Å². The van der Waals surface area contributed by atoms with Gasteiger partial charge in [0.05, 0.1) is 18.8 Å². The molecule has 0 aromatic carbocycles. The molecule has 0 radical (unpaired) electrons. The Labute approximate surface area is 114 Å². The molecule has 1 aliphatic rings. The number of likely N-dealkylation sites (tertiary alicyclic amines) is 1. The van der Waals surface area contributed by atoms with Crippen molar-refractivity contribution in [3.63, 3.8) is 0 Å². The van der Waals surface area contributed by atoms with Crippen molar-refractivity contribution >= 4 is 5.91 Å². The summed E-state index contributed by atoms with van der Waals surface area (Å²) in [6, 6.07) is 4.03. The van der Waals surface area contributed by atoms with Gasteiger partial charge in [-0.25, -0.2) is 0 Å². The Morgan fingerprint density at radius 1 is 1.68 bits per heavy atom. The van der Waals surface area contributed by atoms with Crippen molar-refractivity contribution < 1.29 is 9.21 Å². The monoisotopic (exact) mass is 265 g/mol. The van der Waals surface area contributed by atoms with Gasteiger partial charge in [0.2, 0.25) is 5.91 Å². The molecule has 0 spiro atoms. The molecule has 1 aliphatic heterocycles. The van der Waals surface area contributed by atoms with Gasteiger partial charge in [-0.3, -0.25) is 9.69 Å². The minimum atomic E-state index is -0.0919. The lowest BCUT2D eigenvalue weighted by atomic mass is 10.1. The fraction of sp³-hybridized carbons (Fsp3) is 0.643. The molecule has 106 valence electrons. The number of carbonyl (C=O) groups is 1. The van der Waals surface area contributed by atoms with Gasteiger partial charge in [0.25, 0.3) is 0 Å². The molecule has 1 aromatic rings. The Morgan fingerprint density at radius 3 is 3.05 bits per heavy atom. The van der Waals surface area contributed by atoms with Crippen LogP contribution in [0.2, 0.25) is 0 Å². The summed E-state index contributed by atoms with van der Waals surface area (Å²) in [5, 5.41) is 2.96. The second-order valence-electron chi connectivity index (χ2n) is 5.42. The number of carbonyl (C=O) groups excluding carboxylic acids is 1. The average Bonchev–Trinajstić information content (AvgIpc) is 2.99. The molecule has 1 saturated heterocycles. The van der Waals surface area contributed by atoms with Crippen LogP contribution in [0.3, 0.4) is 0 Å². The fourth-order valence-electron chi connectivity index (χ4n) is 2.69. The van der Waals surface area contributed by atoms with Crippen molar-refractivity contribution in [1.82, 2.24) is 10.2 Å². The maximum absolute atomic E-state index is 12.0. The predicted octanol–water partition coefficient (Wildman–Crippen LogP) is 1.13. The molecule has 5 nitrogen and oxygen atoms in total. The van der Waals surface area contributed by atoms with E-state index in [1.165, 1.54) is 0 Å². The van der Waals surface area contributed by atoms with E-state index in [1.54, 1.807) is 6.26 Å². The summed E-state index contributed by atoms with van der Waals surface area (Å²) in [5.41, 5.74) is 5.69. The van der Waals surface area contributed by atoms with E-state index >= 15 is 0 Å². The van der Waals surface area contributed by atoms with E-state index in [-0.39, 0.29) is 11.9 Å². The first kappa shape index (κ1) is 14.1. The quantitative estimate of drug-likeness (QED) is 0.837. The summed E-state index contributed by atoms with van der Waals surface area (Å²) < 4.78 is 5.28. The summed E-state index contributed by atoms with van der Waals surface area (Å²) in [7, 11) is 0. The lowest BCUT2D eigenvalue weighted by Gasteiger charge is -2.21. The van der Waals surface area contributed by atoms with Crippen molar-refractivity contribution in [2.75, 3.05) is 19.6 Å². The van der Waals surface area contributed by atoms with E-state index in [2.05, 4.69) is 17.1 Å². The molecule has 0 saturated carbocycles. The second kappa shape index (κ2) is 6.21. The first-order valence-corrected chi connectivity index (χ1v) is 6.87. The molecule has 3 N–H and O–H groups in total. The number of nitrogens with zero attached hydrogens (tertiary/aromatic N) is 1. The zero-order chi connectivity index (χ0) is 13.8. The van der Waals surface area contributed by atoms with Gasteiger partial charge in [0.1, 0.15) is 5.76 Å². The number of nitrogens with one attached hydrogen (secondary N) is 1. The Kier molecular flexibility index (Phi) is 4.61. The van der Waals surface area contributed by atoms with Crippen molar-refractivity contribution in [2.24, 2.45) is 11.7 Å². The molecular weight excluding hydrogens is 242 g/mol. The SMILES string of the molecule is CC(NC(=O)CN1CC(CN)CC1C)c1ccco1. The standard InChI is InChI=1S/C14H23N3O2/c1-10-6-12(7-15)8-17(10)9-14(18)16-11(2)13-4-3-5-19-13/h3-5,10-12H,6-9,15H2,1-2H3,(H,16,18). The number of rotatable bonds is 5. The smallest absolute Gasteiger partial charge is 0.234 e. The molecule has 3 unspecified atom stereocenters. The van der Waals surface area contributed by atoms with E-state index < -0.39 is 0 Å². The van der Waals surface area contributed by atoms with Gasteiger partial charge < -0.3 is 15.5 Å². The van der Waals surface area contributed by atoms with Gasteiger partial charge in [-0.05, 0) is 44.9 Å². The Bertz CT molecular complexity index is 405. The molecule has 5 heteroatoms. The summed E-state index contributed by atoms with van der Waals surface area (Å²) in [6.45, 7) is 6.12. The van der Waals surface area contributed by atoms with E-state index in [1.807, 2.05) is 19.1 Å². The maximum Gasteiger partial charge on any atom is 0.234 e. The topological polar surface area (TPSA) is 71.5 Å². The lowest BCUT2D eigenvalue weighted by molar-refractivity contribution is -0.123. The number of furan rings is 1. The second-order valence-corrected chi connectivity index (χ2v) is 5.42. The van der Waals surface area contributed by atoms with Crippen LogP contribution in [0.15, 0.2) is 22.8 Å². The van der Waals surface area contributed by atoms with Crippen molar-refractivity contribution in [2.45, 2.75) is 32.4 Å². The van der Waals surface area contributed by atoms with Gasteiger partial charge in [0, 0.05) is 12.6 Å². The third-order valence-corrected chi connectivity index (χ3v) is 3.82. The van der Waals surface area contributed by atoms with Gasteiger partial charge in [-0.2, -0.15) is 0 Å². The zero-order valence-electron chi connectivity index (χ0n) is 11.6. The first-order valence-electron chi connectivity index (χ1n) is 6.87. The number of amides is 1. The molecule has 1 aromatic heterocycles. The molecule has 2 rings (SSSR count). The third kappa shape index (κ3) is 3.58. The van der Waals surface area contributed by atoms with Crippen LogP contribution in [0.1, 0.15) is 32.1 Å². The Balaban J connectivity index is 1.81. The number of hydrogen-bond acceptors (Lipinski definition) is 4. The Morgan fingerprint density at radius 2 is 2.47 bits per heavy atom. The van der Waals surface area contributed by atoms with Crippen LogP contribution in [0.4, 0.5) is 0 Å². The summed E-state index contributed by atoms with van der Waals surface area (Å²) in [6.07, 6.45) is 2.70. The zero-order valence-corrected chi connectivity index (χ0v) is 11.6. The highest BCUT2D eigenvalue weighted by Gasteiger charge is 2.29. The average molecular weight is 265 g/mol. The summed E-state index contributed by atoms with van der Waals surface area (Å²) in [4.78, 5) is 14.2. The number of hydrogen-bond donors (Lipinski definition) is 2. The minimum Gasteiger partial charge on any atom is -0.467 e. The predicted molar refractivity (Wildman–Crippen MR) is 73.5 cm³/mol. The van der Waals surface area contributed by atoms with Crippen LogP contribution < -0.4 is 11.1 Å². The molecule has 19 heavy (non-hydrogen) atoms. The van der Waals surface area contributed by atoms with Crippen LogP contribution in [0.5, 0.6) is 0 Å². The van der Waals surface area contributed by atoms with Gasteiger partial charge >= 0.3 is 0 Å². The highest BCUT2D eigenvalue weighted by atomic mass is 16.3. The van der Waals surface area contributed by atoms with E-state index in [0.717, 1.165) is 18.7 Å². The van der Waals surface area contributed by atoms with Crippen LogP contribution >= 0.6 is 0 Å². The summed E-state index contributed by atoms with van der Waals surface area (Å²) >= 11 is 0. The first-order chi connectivity index (χ1) is 9.10. The molecule has 1 amide bonds. The van der Waals surface area contributed by atoms with Crippen LogP contribution in [0.25, 0.3) is 0 Å². The molecular formula is C14H23N3O2. The molecule has 1 fully saturated rings. The van der Waals surface area contributed by atoms with Crippen LogP contribution in [-0.4, -0.2) is 36.5 Å². The normalized spacial score (nSPS) is 25.4. The van der Waals surface area contributed by atoms with Gasteiger partial charge in [-0.1, -0.05) is 0 Å². The Hall–Kier alpha value is -1.33. The van der Waals surface area contributed by atoms with E-state index in [0.29, 0.717) is 25.0 Å². The minimum absolute atomic E-state index is 0.0356. The lowest BCUT2D eigenvalue weighted by Crippen LogP contribution is -2.40. The van der Waals surface area contributed by atoms with Crippen molar-refractivity contribution in [3.05, 3.63) is 24.2 Å². The van der Waals surface area contributed by atoms with Crippen LogP contribution in [-0.2, 0) is 4.79 Å². The van der Waals surface area contributed by atoms with E-state index in [4.69, 9.17) is 10.2 Å². The highest BCUT2D eigenvalue weighted by molar-refractivity contribution is 5.78. The molecule has 2 heterocycles. The number of nitrogens with two attached hydrogens (primary N) is 1. The molecule has 3 atom stereocenters. The molecule has 0 bridgehead atoms. The molecule has 0 aliphatic carbocycles. The summed E-state index contributed by atoms with van der Waals surface area (Å²) in [5.74, 6) is 1.33. The van der Waals surface area contributed by atoms with Crippen molar-refractivity contribution in [3.8, 4) is 0 Å². The highest BCUT2D eigenvalue weighted by Crippen LogP contribution is 2.21. The van der Waals surface area contributed by atoms with Gasteiger partial charge in [0.15, 0.2) is 0 Å². The van der Waals surface area contributed by atoms with Crippen LogP contribution in [0, 0.1) is 5.92 Å². The third-order valence-electron chi connectivity index (χ3n) is 3.82. The maximum atomic E-state index is 12.0. The van der Waals surface area contributed by atoms with Gasteiger partial charge in [-0.15, -0.1) is 0 Å². The van der Waals surface area contributed by atoms with Crippen molar-refractivity contribution in [1.29, 1.82) is 0 Å². The largest absolute Gasteiger partial charge is 0.467 e. The fourth-order valence-corrected chi connectivity index (χ4v) is 2.69.